The third-order valence-corrected chi connectivity index (χ3v) is 5.68. The predicted octanol–water partition coefficient (Wildman–Crippen LogP) is 4.03. The van der Waals surface area contributed by atoms with E-state index in [1.165, 1.54) is 48.2 Å². The third kappa shape index (κ3) is 3.16. The van der Waals surface area contributed by atoms with Gasteiger partial charge in [-0.1, -0.05) is 31.4 Å². The highest BCUT2D eigenvalue weighted by Gasteiger charge is 2.37. The van der Waals surface area contributed by atoms with Gasteiger partial charge in [0.15, 0.2) is 5.84 Å². The number of benzene rings is 1. The Labute approximate surface area is 149 Å². The number of rotatable bonds is 2. The maximum atomic E-state index is 13.0. The summed E-state index contributed by atoms with van der Waals surface area (Å²) in [6, 6.07) is 5.78. The van der Waals surface area contributed by atoms with Crippen LogP contribution >= 0.6 is 11.8 Å². The van der Waals surface area contributed by atoms with Gasteiger partial charge in [0.2, 0.25) is 5.17 Å². The van der Waals surface area contributed by atoms with E-state index in [0.717, 1.165) is 17.9 Å². The number of carbonyl (C=O) groups is 1. The number of hydrogen-bond acceptors (Lipinski definition) is 4. The van der Waals surface area contributed by atoms with Crippen molar-refractivity contribution in [1.82, 2.24) is 5.01 Å². The van der Waals surface area contributed by atoms with Crippen molar-refractivity contribution in [3.05, 3.63) is 41.2 Å². The van der Waals surface area contributed by atoms with Crippen molar-refractivity contribution in [2.45, 2.75) is 32.1 Å². The molecule has 1 N–H and O–H groups in total. The minimum atomic E-state index is -0.451. The molecule has 2 aliphatic heterocycles. The number of thioether (sulfide) groups is 1. The maximum absolute atomic E-state index is 13.0. The summed E-state index contributed by atoms with van der Waals surface area (Å²) in [6.07, 6.45) is 7.42. The second-order valence-electron chi connectivity index (χ2n) is 6.34. The van der Waals surface area contributed by atoms with Gasteiger partial charge in [-0.05, 0) is 48.4 Å². The monoisotopic (exact) mass is 356 g/mol. The molecule has 4 rings (SSSR count). The van der Waals surface area contributed by atoms with Crippen molar-refractivity contribution in [3.8, 4) is 0 Å². The molecule has 0 unspecified atom stereocenters. The molecular formula is C18H17FN4OS. The molecule has 128 valence electrons. The molecule has 0 saturated heterocycles. The Bertz CT molecular complexity index is 822. The summed E-state index contributed by atoms with van der Waals surface area (Å²) < 4.78 is 13.0. The minimum absolute atomic E-state index is 0.0256. The molecule has 7 heteroatoms. The van der Waals surface area contributed by atoms with E-state index in [1.54, 1.807) is 18.2 Å². The standard InChI is InChI=1S/C18H17FN4OS/c19-13-8-6-11(7-9-13)10-14-15(20)23-18(21-16(14)24)25-17(22-23)12-4-2-1-3-5-12/h6-10,12,20H,1-5H2. The number of nitrogens with zero attached hydrogens (tertiary/aromatic N) is 3. The Morgan fingerprint density at radius 3 is 2.64 bits per heavy atom. The smallest absolute Gasteiger partial charge is 0.282 e. The molecule has 3 aliphatic rings. The van der Waals surface area contributed by atoms with Crippen LogP contribution in [0.15, 0.2) is 39.9 Å². The lowest BCUT2D eigenvalue weighted by atomic mass is 9.90. The fourth-order valence-corrected chi connectivity index (χ4v) is 4.31. The van der Waals surface area contributed by atoms with Crippen LogP contribution in [-0.4, -0.2) is 27.0 Å². The first-order valence-corrected chi connectivity index (χ1v) is 9.19. The number of aliphatic imine (C=N–C) groups is 1. The summed E-state index contributed by atoms with van der Waals surface area (Å²) in [7, 11) is 0. The Balaban J connectivity index is 1.62. The second kappa shape index (κ2) is 6.55. The van der Waals surface area contributed by atoms with Crippen molar-refractivity contribution in [3.63, 3.8) is 0 Å². The van der Waals surface area contributed by atoms with Crippen molar-refractivity contribution in [1.29, 1.82) is 5.41 Å². The number of fused-ring (bicyclic) bond motifs is 1. The Morgan fingerprint density at radius 2 is 1.92 bits per heavy atom. The van der Waals surface area contributed by atoms with E-state index in [-0.39, 0.29) is 17.2 Å². The summed E-state index contributed by atoms with van der Waals surface area (Å²) in [4.78, 5) is 16.4. The molecule has 0 aromatic heterocycles. The number of amidine groups is 2. The summed E-state index contributed by atoms with van der Waals surface area (Å²) >= 11 is 1.41. The fourth-order valence-electron chi connectivity index (χ4n) is 3.25. The van der Waals surface area contributed by atoms with E-state index >= 15 is 0 Å². The molecule has 25 heavy (non-hydrogen) atoms. The van der Waals surface area contributed by atoms with E-state index in [9.17, 15) is 9.18 Å². The second-order valence-corrected chi connectivity index (χ2v) is 7.33. The van der Waals surface area contributed by atoms with Gasteiger partial charge in [-0.15, -0.1) is 0 Å². The quantitative estimate of drug-likeness (QED) is 0.814. The van der Waals surface area contributed by atoms with Crippen molar-refractivity contribution >= 4 is 39.8 Å². The first kappa shape index (κ1) is 16.2. The van der Waals surface area contributed by atoms with E-state index in [1.807, 2.05) is 0 Å². The SMILES string of the molecule is N=C1C(=Cc2ccc(F)cc2)C(=O)N=C2SC(C3CCCCC3)=NN12. The first-order chi connectivity index (χ1) is 12.1. The molecule has 0 atom stereocenters. The average Bonchev–Trinajstić information content (AvgIpc) is 3.05. The van der Waals surface area contributed by atoms with Crippen LogP contribution in [0.5, 0.6) is 0 Å². The fraction of sp³-hybridized carbons (Fsp3) is 0.333. The molecule has 0 radical (unpaired) electrons. The van der Waals surface area contributed by atoms with Crippen molar-refractivity contribution in [2.75, 3.05) is 0 Å². The molecule has 0 spiro atoms. The highest BCUT2D eigenvalue weighted by atomic mass is 32.2. The highest BCUT2D eigenvalue weighted by Crippen LogP contribution is 2.36. The van der Waals surface area contributed by atoms with Crippen LogP contribution in [0, 0.1) is 17.1 Å². The van der Waals surface area contributed by atoms with Gasteiger partial charge in [0.1, 0.15) is 10.9 Å². The molecule has 1 aromatic carbocycles. The number of hydrogen-bond donors (Lipinski definition) is 1. The zero-order valence-corrected chi connectivity index (χ0v) is 14.4. The largest absolute Gasteiger partial charge is 0.283 e. The summed E-state index contributed by atoms with van der Waals surface area (Å²) in [5, 5.41) is 15.8. The Morgan fingerprint density at radius 1 is 1.20 bits per heavy atom. The number of halogens is 1. The lowest BCUT2D eigenvalue weighted by Crippen LogP contribution is -2.35. The van der Waals surface area contributed by atoms with Gasteiger partial charge in [-0.2, -0.15) is 15.1 Å². The lowest BCUT2D eigenvalue weighted by molar-refractivity contribution is -0.114. The van der Waals surface area contributed by atoms with Crippen LogP contribution in [0.4, 0.5) is 4.39 Å². The molecule has 5 nitrogen and oxygen atoms in total. The van der Waals surface area contributed by atoms with Crippen LogP contribution in [0.25, 0.3) is 6.08 Å². The van der Waals surface area contributed by atoms with Gasteiger partial charge in [-0.25, -0.2) is 4.39 Å². The van der Waals surface area contributed by atoms with Gasteiger partial charge in [0.05, 0.1) is 5.57 Å². The number of carbonyl (C=O) groups excluding carboxylic acids is 1. The molecular weight excluding hydrogens is 339 g/mol. The average molecular weight is 356 g/mol. The van der Waals surface area contributed by atoms with Gasteiger partial charge in [0, 0.05) is 5.92 Å². The van der Waals surface area contributed by atoms with Crippen molar-refractivity contribution < 1.29 is 9.18 Å². The molecule has 2 heterocycles. The number of hydrazone groups is 1. The van der Waals surface area contributed by atoms with Gasteiger partial charge in [0.25, 0.3) is 5.91 Å². The van der Waals surface area contributed by atoms with Gasteiger partial charge < -0.3 is 0 Å². The summed E-state index contributed by atoms with van der Waals surface area (Å²) in [6.45, 7) is 0. The number of nitrogens with one attached hydrogen (secondary N) is 1. The van der Waals surface area contributed by atoms with Crippen LogP contribution in [0.3, 0.4) is 0 Å². The van der Waals surface area contributed by atoms with Crippen LogP contribution < -0.4 is 0 Å². The van der Waals surface area contributed by atoms with Gasteiger partial charge in [-0.3, -0.25) is 10.2 Å². The molecule has 1 aromatic rings. The molecule has 1 amide bonds. The highest BCUT2D eigenvalue weighted by molar-refractivity contribution is 8.27. The molecule has 1 aliphatic carbocycles. The Kier molecular flexibility index (Phi) is 4.25. The molecule has 1 saturated carbocycles. The maximum Gasteiger partial charge on any atom is 0.283 e. The number of amides is 1. The Hall–Kier alpha value is -2.28. The van der Waals surface area contributed by atoms with E-state index in [2.05, 4.69) is 10.1 Å². The van der Waals surface area contributed by atoms with Gasteiger partial charge >= 0.3 is 0 Å². The first-order valence-electron chi connectivity index (χ1n) is 8.37. The molecule has 1 fully saturated rings. The van der Waals surface area contributed by atoms with Crippen molar-refractivity contribution in [2.24, 2.45) is 16.0 Å². The van der Waals surface area contributed by atoms with E-state index in [0.29, 0.717) is 16.6 Å². The zero-order chi connectivity index (χ0) is 17.4. The van der Waals surface area contributed by atoms with Crippen LogP contribution in [0.1, 0.15) is 37.7 Å². The third-order valence-electron chi connectivity index (χ3n) is 4.61. The van der Waals surface area contributed by atoms with Crippen LogP contribution in [0.2, 0.25) is 0 Å². The lowest BCUT2D eigenvalue weighted by Gasteiger charge is -2.20. The predicted molar refractivity (Wildman–Crippen MR) is 98.0 cm³/mol. The summed E-state index contributed by atoms with van der Waals surface area (Å²) in [5.41, 5.74) is 0.820. The summed E-state index contributed by atoms with van der Waals surface area (Å²) in [5.74, 6) is -0.365. The van der Waals surface area contributed by atoms with E-state index < -0.39 is 5.91 Å². The van der Waals surface area contributed by atoms with E-state index in [4.69, 9.17) is 5.41 Å². The zero-order valence-electron chi connectivity index (χ0n) is 13.5. The topological polar surface area (TPSA) is 68.9 Å². The normalized spacial score (nSPS) is 22.9. The molecule has 0 bridgehead atoms. The van der Waals surface area contributed by atoms with Crippen LogP contribution in [-0.2, 0) is 4.79 Å². The minimum Gasteiger partial charge on any atom is -0.282 e.